The van der Waals surface area contributed by atoms with Crippen LogP contribution in [0, 0.1) is 0 Å². The molecule has 0 nitrogen and oxygen atoms in total. The lowest BCUT2D eigenvalue weighted by atomic mass is 9.98. The minimum Gasteiger partial charge on any atom is -0.194 e. The topological polar surface area (TPSA) is 0 Å². The highest BCUT2D eigenvalue weighted by molar-refractivity contribution is 7.28. The van der Waals surface area contributed by atoms with Gasteiger partial charge in [-0.1, -0.05) is 36.4 Å². The van der Waals surface area contributed by atoms with Crippen LogP contribution >= 0.6 is 22.7 Å². The molecule has 0 saturated carbocycles. The van der Waals surface area contributed by atoms with E-state index in [0.717, 1.165) is 22.7 Å². The van der Waals surface area contributed by atoms with E-state index in [1.807, 2.05) is 0 Å². The summed E-state index contributed by atoms with van der Waals surface area (Å²) in [5, 5.41) is 1.87. The molecule has 29 heavy (non-hydrogen) atoms. The van der Waals surface area contributed by atoms with Crippen LogP contribution in [0.2, 0.25) is 0 Å². The molecule has 1 aliphatic carbocycles. The Bertz CT molecular complexity index is 1380. The molecule has 1 aliphatic rings. The second kappa shape index (κ2) is 5.05. The quantitative estimate of drug-likeness (QED) is 0.214. The summed E-state index contributed by atoms with van der Waals surface area (Å²) in [7, 11) is 0. The van der Waals surface area contributed by atoms with E-state index in [1.165, 1.54) is 0 Å². The zero-order valence-corrected chi connectivity index (χ0v) is 15.8. The first-order valence-electron chi connectivity index (χ1n) is 8.61. The Balaban J connectivity index is 2.02. The normalized spacial score (nSPS) is 19.5. The van der Waals surface area contributed by atoms with Crippen LogP contribution in [0.5, 0.6) is 0 Å². The maximum Gasteiger partial charge on any atom is 0.380 e. The maximum atomic E-state index is 14.8. The van der Waals surface area contributed by atoms with Gasteiger partial charge in [-0.2, -0.15) is 26.3 Å². The molecule has 146 valence electrons. The van der Waals surface area contributed by atoms with E-state index in [1.54, 1.807) is 48.5 Å². The third kappa shape index (κ3) is 1.79. The molecule has 0 amide bonds. The first-order valence-corrected chi connectivity index (χ1v) is 10.2. The van der Waals surface area contributed by atoms with Crippen molar-refractivity contribution in [1.82, 2.24) is 0 Å². The number of benzene rings is 3. The third-order valence-electron chi connectivity index (χ3n) is 5.56. The van der Waals surface area contributed by atoms with Gasteiger partial charge in [-0.25, -0.2) is 0 Å². The molecular weight excluding hydrogens is 430 g/mol. The standard InChI is InChI=1S/C21H8F6S2/c22-19(23)15-16(20(24,25)21(19,26)27)18-14(10-6-2-4-8-12(10)29-18)13-9-5-1-3-7-11(9)28-17(13)15/h1-8H. The van der Waals surface area contributed by atoms with Crippen molar-refractivity contribution in [3.63, 3.8) is 0 Å². The number of thiophene rings is 2. The number of fused-ring (bicyclic) bond motifs is 10. The van der Waals surface area contributed by atoms with E-state index in [0.29, 0.717) is 30.9 Å². The Morgan fingerprint density at radius 1 is 0.552 bits per heavy atom. The van der Waals surface area contributed by atoms with Gasteiger partial charge in [0.15, 0.2) is 0 Å². The van der Waals surface area contributed by atoms with Crippen molar-refractivity contribution in [3.8, 4) is 0 Å². The molecule has 0 fully saturated rings. The highest BCUT2D eigenvalue weighted by atomic mass is 32.1. The summed E-state index contributed by atoms with van der Waals surface area (Å²) >= 11 is 1.71. The van der Waals surface area contributed by atoms with E-state index < -0.39 is 28.9 Å². The average molecular weight is 438 g/mol. The van der Waals surface area contributed by atoms with Crippen molar-refractivity contribution >= 4 is 63.0 Å². The van der Waals surface area contributed by atoms with Gasteiger partial charge in [0.05, 0.1) is 11.1 Å². The summed E-state index contributed by atoms with van der Waals surface area (Å²) < 4.78 is 88.9. The number of hydrogen-bond acceptors (Lipinski definition) is 2. The summed E-state index contributed by atoms with van der Waals surface area (Å²) in [4.78, 5) is 0. The van der Waals surface area contributed by atoms with Gasteiger partial charge >= 0.3 is 17.8 Å². The molecule has 8 heteroatoms. The minimum atomic E-state index is -5.50. The zero-order chi connectivity index (χ0) is 20.3. The lowest BCUT2D eigenvalue weighted by Gasteiger charge is -2.23. The fourth-order valence-electron chi connectivity index (χ4n) is 4.28. The molecular formula is C21H8F6S2. The van der Waals surface area contributed by atoms with Crippen LogP contribution in [0.25, 0.3) is 40.3 Å². The van der Waals surface area contributed by atoms with Gasteiger partial charge in [0, 0.05) is 40.3 Å². The fourth-order valence-corrected chi connectivity index (χ4v) is 6.86. The summed E-state index contributed by atoms with van der Waals surface area (Å²) in [6, 6.07) is 13.6. The van der Waals surface area contributed by atoms with Crippen LogP contribution in [-0.2, 0) is 11.8 Å². The Morgan fingerprint density at radius 3 is 1.34 bits per heavy atom. The molecule has 0 saturated heterocycles. The van der Waals surface area contributed by atoms with Gasteiger partial charge < -0.3 is 0 Å². The van der Waals surface area contributed by atoms with E-state index in [-0.39, 0.29) is 9.40 Å². The monoisotopic (exact) mass is 438 g/mol. The van der Waals surface area contributed by atoms with Crippen molar-refractivity contribution in [2.75, 3.05) is 0 Å². The van der Waals surface area contributed by atoms with Crippen molar-refractivity contribution in [2.45, 2.75) is 17.8 Å². The summed E-state index contributed by atoms with van der Waals surface area (Å²) in [5.74, 6) is -15.5. The van der Waals surface area contributed by atoms with Crippen molar-refractivity contribution in [2.24, 2.45) is 0 Å². The van der Waals surface area contributed by atoms with Gasteiger partial charge in [-0.05, 0) is 12.1 Å². The molecule has 3 aromatic carbocycles. The lowest BCUT2D eigenvalue weighted by Crippen LogP contribution is -2.43. The van der Waals surface area contributed by atoms with Crippen LogP contribution < -0.4 is 0 Å². The molecule has 0 radical (unpaired) electrons. The van der Waals surface area contributed by atoms with E-state index in [2.05, 4.69) is 0 Å². The highest BCUT2D eigenvalue weighted by Crippen LogP contribution is 2.67. The fraction of sp³-hybridized carbons (Fsp3) is 0.143. The molecule has 5 aromatic rings. The van der Waals surface area contributed by atoms with Gasteiger partial charge in [0.25, 0.3) is 0 Å². The van der Waals surface area contributed by atoms with Crippen LogP contribution in [-0.4, -0.2) is 5.92 Å². The predicted octanol–water partition coefficient (Wildman–Crippen LogP) is 8.25. The molecule has 2 aromatic heterocycles. The van der Waals surface area contributed by atoms with Crippen LogP contribution in [0.4, 0.5) is 26.3 Å². The molecule has 0 unspecified atom stereocenters. The SMILES string of the molecule is FC1(F)c2c(c3sc4ccccc4c3c3c2sc2ccccc23)C(F)(F)C1(F)F. The van der Waals surface area contributed by atoms with Gasteiger partial charge in [0.2, 0.25) is 0 Å². The number of hydrogen-bond donors (Lipinski definition) is 0. The number of alkyl halides is 6. The Morgan fingerprint density at radius 2 is 0.931 bits per heavy atom. The second-order valence-electron chi connectivity index (χ2n) is 7.08. The van der Waals surface area contributed by atoms with E-state index in [9.17, 15) is 26.3 Å². The molecule has 0 spiro atoms. The first-order chi connectivity index (χ1) is 13.7. The van der Waals surface area contributed by atoms with Crippen molar-refractivity contribution in [1.29, 1.82) is 0 Å². The lowest BCUT2D eigenvalue weighted by molar-refractivity contribution is -0.301. The zero-order valence-electron chi connectivity index (χ0n) is 14.2. The van der Waals surface area contributed by atoms with Crippen LogP contribution in [0.1, 0.15) is 11.1 Å². The summed E-state index contributed by atoms with van der Waals surface area (Å²) in [5.41, 5.74) is -2.47. The second-order valence-corrected chi connectivity index (χ2v) is 9.18. The summed E-state index contributed by atoms with van der Waals surface area (Å²) in [6.45, 7) is 0. The Labute approximate surface area is 167 Å². The van der Waals surface area contributed by atoms with Crippen molar-refractivity contribution < 1.29 is 26.3 Å². The van der Waals surface area contributed by atoms with Crippen LogP contribution in [0.3, 0.4) is 0 Å². The molecule has 6 rings (SSSR count). The highest BCUT2D eigenvalue weighted by Gasteiger charge is 2.80. The number of halogens is 6. The predicted molar refractivity (Wildman–Crippen MR) is 105 cm³/mol. The third-order valence-corrected chi connectivity index (χ3v) is 7.94. The van der Waals surface area contributed by atoms with E-state index >= 15 is 0 Å². The molecule has 0 bridgehead atoms. The Kier molecular flexibility index (Phi) is 3.05. The number of rotatable bonds is 0. The molecule has 0 atom stereocenters. The Hall–Kier alpha value is -2.32. The minimum absolute atomic E-state index is 0.195. The van der Waals surface area contributed by atoms with Crippen LogP contribution in [0.15, 0.2) is 48.5 Å². The van der Waals surface area contributed by atoms with E-state index in [4.69, 9.17) is 0 Å². The summed E-state index contributed by atoms with van der Waals surface area (Å²) in [6.07, 6.45) is 0. The van der Waals surface area contributed by atoms with Gasteiger partial charge in [-0.3, -0.25) is 0 Å². The smallest absolute Gasteiger partial charge is 0.194 e. The van der Waals surface area contributed by atoms with Gasteiger partial charge in [-0.15, -0.1) is 22.7 Å². The average Bonchev–Trinajstić information content (AvgIpc) is 3.26. The van der Waals surface area contributed by atoms with Gasteiger partial charge in [0.1, 0.15) is 0 Å². The van der Waals surface area contributed by atoms with Crippen molar-refractivity contribution in [3.05, 3.63) is 59.7 Å². The molecule has 0 N–H and O–H groups in total. The molecule has 0 aliphatic heterocycles. The molecule has 2 heterocycles. The largest absolute Gasteiger partial charge is 0.380 e. The first kappa shape index (κ1) is 17.5. The maximum absolute atomic E-state index is 14.8.